The van der Waals surface area contributed by atoms with Gasteiger partial charge in [0.05, 0.1) is 5.69 Å². The highest BCUT2D eigenvalue weighted by atomic mass is 32.2. The molecule has 0 unspecified atom stereocenters. The molecule has 1 fully saturated rings. The molecule has 1 heterocycles. The number of nitrogens with one attached hydrogen (secondary N) is 1. The SMILES string of the molecule is O=C(C[C@H]1SC(=Nc2ccccc2)N(CCCO)C1=O)NCc1ccccc1. The molecule has 146 valence electrons. The van der Waals surface area contributed by atoms with E-state index < -0.39 is 5.25 Å². The predicted molar refractivity (Wildman–Crippen MR) is 111 cm³/mol. The van der Waals surface area contributed by atoms with Crippen LogP contribution in [0.1, 0.15) is 18.4 Å². The van der Waals surface area contributed by atoms with Crippen molar-refractivity contribution in [2.24, 2.45) is 4.99 Å². The van der Waals surface area contributed by atoms with Crippen molar-refractivity contribution < 1.29 is 14.7 Å². The van der Waals surface area contributed by atoms with Crippen LogP contribution in [-0.2, 0) is 16.1 Å². The number of aliphatic hydroxyl groups excluding tert-OH is 1. The van der Waals surface area contributed by atoms with Crippen LogP contribution in [0, 0.1) is 0 Å². The minimum absolute atomic E-state index is 0.00467. The highest BCUT2D eigenvalue weighted by molar-refractivity contribution is 8.15. The van der Waals surface area contributed by atoms with Crippen LogP contribution in [0.25, 0.3) is 0 Å². The molecule has 2 amide bonds. The molecule has 3 rings (SSSR count). The number of aliphatic imine (C=N–C) groups is 1. The molecule has 1 aliphatic rings. The number of hydrogen-bond donors (Lipinski definition) is 2. The predicted octanol–water partition coefficient (Wildman–Crippen LogP) is 2.71. The zero-order chi connectivity index (χ0) is 19.8. The van der Waals surface area contributed by atoms with Gasteiger partial charge in [0, 0.05) is 26.1 Å². The number of hydrogen-bond acceptors (Lipinski definition) is 5. The third kappa shape index (κ3) is 5.43. The molecular weight excluding hydrogens is 374 g/mol. The Kier molecular flexibility index (Phi) is 7.22. The van der Waals surface area contributed by atoms with Crippen molar-refractivity contribution >= 4 is 34.4 Å². The van der Waals surface area contributed by atoms with E-state index in [1.807, 2.05) is 60.7 Å². The van der Waals surface area contributed by atoms with Crippen LogP contribution in [0.5, 0.6) is 0 Å². The van der Waals surface area contributed by atoms with E-state index >= 15 is 0 Å². The molecule has 2 aromatic rings. The number of aliphatic hydroxyl groups is 1. The maximum absolute atomic E-state index is 12.8. The molecule has 0 aromatic heterocycles. The molecule has 0 radical (unpaired) electrons. The van der Waals surface area contributed by atoms with Gasteiger partial charge in [-0.1, -0.05) is 60.3 Å². The fourth-order valence-corrected chi connectivity index (χ4v) is 3.99. The molecule has 2 N–H and O–H groups in total. The van der Waals surface area contributed by atoms with Crippen molar-refractivity contribution in [3.8, 4) is 0 Å². The summed E-state index contributed by atoms with van der Waals surface area (Å²) in [6, 6.07) is 19.0. The zero-order valence-electron chi connectivity index (χ0n) is 15.5. The van der Waals surface area contributed by atoms with Gasteiger partial charge in [0.25, 0.3) is 0 Å². The van der Waals surface area contributed by atoms with Crippen molar-refractivity contribution in [1.29, 1.82) is 0 Å². The maximum atomic E-state index is 12.8. The Bertz CT molecular complexity index is 827. The Morgan fingerprint density at radius 2 is 1.79 bits per heavy atom. The number of para-hydroxylation sites is 1. The summed E-state index contributed by atoms with van der Waals surface area (Å²) >= 11 is 1.31. The van der Waals surface area contributed by atoms with Crippen LogP contribution in [0.2, 0.25) is 0 Å². The first kappa shape index (κ1) is 20.1. The van der Waals surface area contributed by atoms with E-state index in [0.717, 1.165) is 11.3 Å². The lowest BCUT2D eigenvalue weighted by atomic mass is 10.2. The van der Waals surface area contributed by atoms with Gasteiger partial charge in [0.2, 0.25) is 11.8 Å². The largest absolute Gasteiger partial charge is 0.396 e. The summed E-state index contributed by atoms with van der Waals surface area (Å²) in [5, 5.41) is 12.1. The summed E-state index contributed by atoms with van der Waals surface area (Å²) in [6.45, 7) is 0.815. The van der Waals surface area contributed by atoms with E-state index in [0.29, 0.717) is 24.7 Å². The van der Waals surface area contributed by atoms with Crippen molar-refractivity contribution in [3.05, 3.63) is 66.2 Å². The first-order valence-electron chi connectivity index (χ1n) is 9.20. The van der Waals surface area contributed by atoms with Gasteiger partial charge in [-0.2, -0.15) is 0 Å². The molecule has 0 aliphatic carbocycles. The first-order valence-corrected chi connectivity index (χ1v) is 10.1. The Balaban J connectivity index is 1.65. The van der Waals surface area contributed by atoms with Crippen molar-refractivity contribution in [1.82, 2.24) is 10.2 Å². The number of amidine groups is 1. The van der Waals surface area contributed by atoms with Gasteiger partial charge < -0.3 is 10.4 Å². The number of nitrogens with zero attached hydrogens (tertiary/aromatic N) is 2. The Morgan fingerprint density at radius 3 is 2.46 bits per heavy atom. The number of thioether (sulfide) groups is 1. The summed E-state index contributed by atoms with van der Waals surface area (Å²) in [5.41, 5.74) is 1.76. The lowest BCUT2D eigenvalue weighted by Crippen LogP contribution is -2.35. The van der Waals surface area contributed by atoms with E-state index in [1.165, 1.54) is 11.8 Å². The lowest BCUT2D eigenvalue weighted by Gasteiger charge is -2.15. The molecule has 0 saturated carbocycles. The van der Waals surface area contributed by atoms with Crippen LogP contribution >= 0.6 is 11.8 Å². The van der Waals surface area contributed by atoms with Gasteiger partial charge in [0.15, 0.2) is 5.17 Å². The standard InChI is InChI=1S/C21H23N3O3S/c25-13-7-12-24-20(27)18(28-21(24)23-17-10-5-2-6-11-17)14-19(26)22-15-16-8-3-1-4-9-16/h1-6,8-11,18,25H,7,12-15H2,(H,22,26)/t18-/m1/s1. The van der Waals surface area contributed by atoms with Gasteiger partial charge in [-0.3, -0.25) is 14.5 Å². The van der Waals surface area contributed by atoms with E-state index in [1.54, 1.807) is 4.90 Å². The molecule has 7 heteroatoms. The van der Waals surface area contributed by atoms with Crippen molar-refractivity contribution in [2.75, 3.05) is 13.2 Å². The van der Waals surface area contributed by atoms with Gasteiger partial charge in [-0.05, 0) is 24.1 Å². The van der Waals surface area contributed by atoms with Crippen LogP contribution < -0.4 is 5.32 Å². The second-order valence-corrected chi connectivity index (χ2v) is 7.54. The van der Waals surface area contributed by atoms with E-state index in [9.17, 15) is 9.59 Å². The van der Waals surface area contributed by atoms with Crippen LogP contribution in [0.3, 0.4) is 0 Å². The van der Waals surface area contributed by atoms with Gasteiger partial charge in [-0.25, -0.2) is 4.99 Å². The monoisotopic (exact) mass is 397 g/mol. The minimum atomic E-state index is -0.503. The maximum Gasteiger partial charge on any atom is 0.242 e. The topological polar surface area (TPSA) is 82.0 Å². The number of carbonyl (C=O) groups is 2. The quantitative estimate of drug-likeness (QED) is 0.718. The number of rotatable bonds is 8. The van der Waals surface area contributed by atoms with Gasteiger partial charge in [0.1, 0.15) is 5.25 Å². The second-order valence-electron chi connectivity index (χ2n) is 6.37. The molecule has 0 spiro atoms. The Morgan fingerprint density at radius 1 is 1.11 bits per heavy atom. The average molecular weight is 398 g/mol. The summed E-state index contributed by atoms with van der Waals surface area (Å²) in [4.78, 5) is 31.3. The number of amides is 2. The molecule has 28 heavy (non-hydrogen) atoms. The highest BCUT2D eigenvalue weighted by Gasteiger charge is 2.38. The molecule has 1 saturated heterocycles. The molecule has 0 bridgehead atoms. The minimum Gasteiger partial charge on any atom is -0.396 e. The van der Waals surface area contributed by atoms with Gasteiger partial charge >= 0.3 is 0 Å². The third-order valence-corrected chi connectivity index (χ3v) is 5.42. The van der Waals surface area contributed by atoms with E-state index in [4.69, 9.17) is 5.11 Å². The number of benzene rings is 2. The van der Waals surface area contributed by atoms with Crippen molar-refractivity contribution in [3.63, 3.8) is 0 Å². The van der Waals surface area contributed by atoms with Crippen LogP contribution in [0.15, 0.2) is 65.7 Å². The molecule has 2 aromatic carbocycles. The fourth-order valence-electron chi connectivity index (χ4n) is 2.81. The second kappa shape index (κ2) is 10.1. The molecule has 1 atom stereocenters. The number of carbonyl (C=O) groups excluding carboxylic acids is 2. The third-order valence-electron chi connectivity index (χ3n) is 4.24. The summed E-state index contributed by atoms with van der Waals surface area (Å²) in [5.74, 6) is -0.305. The van der Waals surface area contributed by atoms with Crippen LogP contribution in [-0.4, -0.2) is 45.4 Å². The fraction of sp³-hybridized carbons (Fsp3) is 0.286. The Labute approximate surface area is 168 Å². The Hall–Kier alpha value is -2.64. The lowest BCUT2D eigenvalue weighted by molar-refractivity contribution is -0.129. The van der Waals surface area contributed by atoms with Gasteiger partial charge in [-0.15, -0.1) is 0 Å². The molecule has 6 nitrogen and oxygen atoms in total. The normalized spacial score (nSPS) is 17.9. The highest BCUT2D eigenvalue weighted by Crippen LogP contribution is 2.31. The summed E-state index contributed by atoms with van der Waals surface area (Å²) in [7, 11) is 0. The van der Waals surface area contributed by atoms with Crippen LogP contribution in [0.4, 0.5) is 5.69 Å². The molecule has 1 aliphatic heterocycles. The zero-order valence-corrected chi connectivity index (χ0v) is 16.3. The molecular formula is C21H23N3O3S. The summed E-state index contributed by atoms with van der Waals surface area (Å²) < 4.78 is 0. The average Bonchev–Trinajstić information content (AvgIpc) is 3.00. The van der Waals surface area contributed by atoms with Crippen molar-refractivity contribution in [2.45, 2.75) is 24.6 Å². The van der Waals surface area contributed by atoms with E-state index in [2.05, 4.69) is 10.3 Å². The summed E-state index contributed by atoms with van der Waals surface area (Å²) in [6.07, 6.45) is 0.562. The smallest absolute Gasteiger partial charge is 0.242 e. The van der Waals surface area contributed by atoms with E-state index in [-0.39, 0.29) is 24.8 Å². The first-order chi connectivity index (χ1) is 13.7.